The van der Waals surface area contributed by atoms with E-state index in [0.717, 1.165) is 22.4 Å². The molecule has 1 aliphatic heterocycles. The molecule has 0 bridgehead atoms. The predicted molar refractivity (Wildman–Crippen MR) is 118 cm³/mol. The van der Waals surface area contributed by atoms with Crippen molar-refractivity contribution in [3.05, 3.63) is 65.2 Å². The summed E-state index contributed by atoms with van der Waals surface area (Å²) in [7, 11) is 0.0445. The first-order valence-electron chi connectivity index (χ1n) is 10.2. The van der Waals surface area contributed by atoms with Gasteiger partial charge in [-0.25, -0.2) is 12.7 Å². The number of sulfonamides is 1. The van der Waals surface area contributed by atoms with Crippen molar-refractivity contribution in [1.82, 2.24) is 9.21 Å². The van der Waals surface area contributed by atoms with Gasteiger partial charge in [0.15, 0.2) is 0 Å². The third-order valence-electron chi connectivity index (χ3n) is 5.62. The Bertz CT molecular complexity index is 948. The summed E-state index contributed by atoms with van der Waals surface area (Å²) in [6, 6.07) is 15.2. The lowest BCUT2D eigenvalue weighted by atomic mass is 9.96. The molecule has 2 aromatic rings. The highest BCUT2D eigenvalue weighted by molar-refractivity contribution is 7.88. The summed E-state index contributed by atoms with van der Waals surface area (Å²) in [4.78, 5) is 14.6. The average molecular weight is 431 g/mol. The van der Waals surface area contributed by atoms with Gasteiger partial charge in [-0.3, -0.25) is 4.79 Å². The van der Waals surface area contributed by atoms with Crippen molar-refractivity contribution in [2.45, 2.75) is 32.1 Å². The highest BCUT2D eigenvalue weighted by Gasteiger charge is 2.32. The van der Waals surface area contributed by atoms with Crippen LogP contribution >= 0.6 is 0 Å². The molecule has 1 saturated heterocycles. The van der Waals surface area contributed by atoms with E-state index in [4.69, 9.17) is 4.74 Å². The number of amides is 1. The Morgan fingerprint density at radius 3 is 2.17 bits per heavy atom. The lowest BCUT2D eigenvalue weighted by molar-refractivity contribution is -0.135. The fourth-order valence-corrected chi connectivity index (χ4v) is 5.32. The van der Waals surface area contributed by atoms with Gasteiger partial charge >= 0.3 is 0 Å². The number of aryl methyl sites for hydroxylation is 1. The molecule has 7 heteroatoms. The van der Waals surface area contributed by atoms with E-state index < -0.39 is 10.0 Å². The maximum Gasteiger partial charge on any atom is 0.225 e. The Morgan fingerprint density at radius 2 is 1.60 bits per heavy atom. The Morgan fingerprint density at radius 1 is 1.03 bits per heavy atom. The smallest absolute Gasteiger partial charge is 0.225 e. The minimum absolute atomic E-state index is 0.00324. The van der Waals surface area contributed by atoms with E-state index in [9.17, 15) is 13.2 Å². The zero-order chi connectivity index (χ0) is 21.7. The van der Waals surface area contributed by atoms with Gasteiger partial charge in [0.05, 0.1) is 12.9 Å². The minimum atomic E-state index is -3.38. The second-order valence-corrected chi connectivity index (χ2v) is 9.93. The number of rotatable bonds is 7. The first-order valence-corrected chi connectivity index (χ1v) is 11.8. The molecule has 0 N–H and O–H groups in total. The van der Waals surface area contributed by atoms with Crippen LogP contribution in [-0.2, 0) is 27.1 Å². The second-order valence-electron chi connectivity index (χ2n) is 7.96. The zero-order valence-electron chi connectivity index (χ0n) is 17.9. The summed E-state index contributed by atoms with van der Waals surface area (Å²) in [6.07, 6.45) is 1.11. The summed E-state index contributed by atoms with van der Waals surface area (Å²) < 4.78 is 32.2. The van der Waals surface area contributed by atoms with Crippen LogP contribution in [0, 0.1) is 12.8 Å². The van der Waals surface area contributed by atoms with E-state index in [1.165, 1.54) is 4.31 Å². The van der Waals surface area contributed by atoms with Gasteiger partial charge in [0.25, 0.3) is 0 Å². The van der Waals surface area contributed by atoms with Crippen molar-refractivity contribution in [2.75, 3.05) is 27.2 Å². The van der Waals surface area contributed by atoms with Crippen molar-refractivity contribution in [3.63, 3.8) is 0 Å². The first-order chi connectivity index (χ1) is 14.3. The fraction of sp³-hybridized carbons (Fsp3) is 0.435. The maximum atomic E-state index is 12.8. The normalized spacial score (nSPS) is 15.7. The molecule has 3 rings (SSSR count). The summed E-state index contributed by atoms with van der Waals surface area (Å²) in [5.74, 6) is 0.718. The van der Waals surface area contributed by atoms with E-state index >= 15 is 0 Å². The van der Waals surface area contributed by atoms with Gasteiger partial charge in [-0.2, -0.15) is 0 Å². The van der Waals surface area contributed by atoms with E-state index in [1.807, 2.05) is 55.5 Å². The Balaban J connectivity index is 1.53. The van der Waals surface area contributed by atoms with Gasteiger partial charge in [-0.1, -0.05) is 42.0 Å². The standard InChI is InChI=1S/C23H30N2O4S/c1-18-4-6-20(7-5-18)17-30(27,28)25-14-12-21(13-15-25)23(26)24(2)16-19-8-10-22(29-3)11-9-19/h4-11,21H,12-17H2,1-3H3. The van der Waals surface area contributed by atoms with Crippen molar-refractivity contribution >= 4 is 15.9 Å². The van der Waals surface area contributed by atoms with E-state index in [-0.39, 0.29) is 17.6 Å². The van der Waals surface area contributed by atoms with Crippen molar-refractivity contribution in [1.29, 1.82) is 0 Å². The van der Waals surface area contributed by atoms with Crippen LogP contribution in [0.3, 0.4) is 0 Å². The summed E-state index contributed by atoms with van der Waals surface area (Å²) in [5, 5.41) is 0. The molecule has 30 heavy (non-hydrogen) atoms. The molecule has 0 unspecified atom stereocenters. The Hall–Kier alpha value is -2.38. The molecule has 1 fully saturated rings. The molecular formula is C23H30N2O4S. The molecule has 0 spiro atoms. The third kappa shape index (κ3) is 5.61. The molecule has 0 saturated carbocycles. The number of hydrogen-bond donors (Lipinski definition) is 0. The molecule has 1 aliphatic rings. The van der Waals surface area contributed by atoms with Gasteiger partial charge in [0, 0.05) is 32.6 Å². The van der Waals surface area contributed by atoms with Gasteiger partial charge in [0.2, 0.25) is 15.9 Å². The van der Waals surface area contributed by atoms with Crippen LogP contribution in [0.15, 0.2) is 48.5 Å². The van der Waals surface area contributed by atoms with Crippen molar-refractivity contribution in [2.24, 2.45) is 5.92 Å². The highest BCUT2D eigenvalue weighted by Crippen LogP contribution is 2.24. The lowest BCUT2D eigenvalue weighted by Gasteiger charge is -2.32. The van der Waals surface area contributed by atoms with E-state index in [2.05, 4.69) is 0 Å². The number of hydrogen-bond acceptors (Lipinski definition) is 4. The zero-order valence-corrected chi connectivity index (χ0v) is 18.7. The number of carbonyl (C=O) groups excluding carboxylic acids is 1. The fourth-order valence-electron chi connectivity index (χ4n) is 3.76. The molecule has 1 amide bonds. The van der Waals surface area contributed by atoms with E-state index in [0.29, 0.717) is 32.5 Å². The van der Waals surface area contributed by atoms with Crippen LogP contribution in [0.4, 0.5) is 0 Å². The summed E-state index contributed by atoms with van der Waals surface area (Å²) in [6.45, 7) is 3.28. The van der Waals surface area contributed by atoms with Crippen LogP contribution in [0.2, 0.25) is 0 Å². The molecule has 162 valence electrons. The molecule has 0 radical (unpaired) electrons. The van der Waals surface area contributed by atoms with Crippen LogP contribution in [-0.4, -0.2) is 50.8 Å². The molecule has 0 aromatic heterocycles. The van der Waals surface area contributed by atoms with Gasteiger partial charge in [0.1, 0.15) is 5.75 Å². The lowest BCUT2D eigenvalue weighted by Crippen LogP contribution is -2.43. The number of ether oxygens (including phenoxy) is 1. The summed E-state index contributed by atoms with van der Waals surface area (Å²) in [5.41, 5.74) is 2.93. The molecule has 6 nitrogen and oxygen atoms in total. The SMILES string of the molecule is COc1ccc(CN(C)C(=O)C2CCN(S(=O)(=O)Cc3ccc(C)cc3)CC2)cc1. The summed E-state index contributed by atoms with van der Waals surface area (Å²) >= 11 is 0. The Kier molecular flexibility index (Phi) is 7.15. The number of piperidine rings is 1. The minimum Gasteiger partial charge on any atom is -0.497 e. The highest BCUT2D eigenvalue weighted by atomic mass is 32.2. The number of nitrogens with zero attached hydrogens (tertiary/aromatic N) is 2. The average Bonchev–Trinajstić information content (AvgIpc) is 2.75. The number of methoxy groups -OCH3 is 1. The molecule has 0 aliphatic carbocycles. The quantitative estimate of drug-likeness (QED) is 0.677. The van der Waals surface area contributed by atoms with Crippen LogP contribution in [0.5, 0.6) is 5.75 Å². The number of carbonyl (C=O) groups is 1. The number of benzene rings is 2. The third-order valence-corrected chi connectivity index (χ3v) is 7.47. The largest absolute Gasteiger partial charge is 0.497 e. The molecular weight excluding hydrogens is 400 g/mol. The molecule has 1 heterocycles. The van der Waals surface area contributed by atoms with Crippen LogP contribution < -0.4 is 4.74 Å². The van der Waals surface area contributed by atoms with Crippen molar-refractivity contribution in [3.8, 4) is 5.75 Å². The van der Waals surface area contributed by atoms with Gasteiger partial charge in [-0.15, -0.1) is 0 Å². The Labute approximate surface area is 179 Å². The van der Waals surface area contributed by atoms with Crippen molar-refractivity contribution < 1.29 is 17.9 Å². The topological polar surface area (TPSA) is 66.9 Å². The second kappa shape index (κ2) is 9.62. The van der Waals surface area contributed by atoms with Gasteiger partial charge < -0.3 is 9.64 Å². The predicted octanol–water partition coefficient (Wildman–Crippen LogP) is 3.20. The van der Waals surface area contributed by atoms with E-state index in [1.54, 1.807) is 19.1 Å². The molecule has 2 aromatic carbocycles. The first kappa shape index (κ1) is 22.3. The maximum absolute atomic E-state index is 12.8. The van der Waals surface area contributed by atoms with Crippen LogP contribution in [0.25, 0.3) is 0 Å². The van der Waals surface area contributed by atoms with Gasteiger partial charge in [-0.05, 0) is 43.0 Å². The molecule has 0 atom stereocenters. The monoisotopic (exact) mass is 430 g/mol. The van der Waals surface area contributed by atoms with Crippen LogP contribution in [0.1, 0.15) is 29.5 Å².